The SMILES string of the molecule is CNC(=O)c1cc(Cl)c(OCC(F)F)cc1N1CC(O)C(N2CCC3(CC2)Cc2cc(Cl)ccc2O3)C1. The van der Waals surface area contributed by atoms with Gasteiger partial charge in [-0.15, -0.1) is 0 Å². The Kier molecular flexibility index (Phi) is 7.42. The minimum absolute atomic E-state index is 0.0690. The molecule has 3 heterocycles. The first-order chi connectivity index (χ1) is 17.7. The van der Waals surface area contributed by atoms with Crippen LogP contribution in [0, 0.1) is 0 Å². The van der Waals surface area contributed by atoms with Crippen molar-refractivity contribution in [2.75, 3.05) is 44.7 Å². The average Bonchev–Trinajstić information content (AvgIpc) is 3.42. The number of aliphatic hydroxyl groups is 1. The molecule has 37 heavy (non-hydrogen) atoms. The van der Waals surface area contributed by atoms with Gasteiger partial charge in [-0.1, -0.05) is 23.2 Å². The Morgan fingerprint density at radius 3 is 2.70 bits per heavy atom. The maximum atomic E-state index is 12.7. The molecule has 0 bridgehead atoms. The van der Waals surface area contributed by atoms with Gasteiger partial charge >= 0.3 is 0 Å². The lowest BCUT2D eigenvalue weighted by Gasteiger charge is -2.41. The monoisotopic (exact) mass is 555 g/mol. The summed E-state index contributed by atoms with van der Waals surface area (Å²) in [6, 6.07) is 8.49. The zero-order chi connectivity index (χ0) is 26.3. The van der Waals surface area contributed by atoms with Gasteiger partial charge in [0.15, 0.2) is 0 Å². The zero-order valence-corrected chi connectivity index (χ0v) is 21.9. The summed E-state index contributed by atoms with van der Waals surface area (Å²) >= 11 is 12.4. The molecule has 2 aromatic carbocycles. The van der Waals surface area contributed by atoms with Gasteiger partial charge in [0.2, 0.25) is 0 Å². The van der Waals surface area contributed by atoms with Crippen molar-refractivity contribution in [2.45, 2.75) is 43.4 Å². The number of nitrogens with one attached hydrogen (secondary N) is 1. The number of nitrogens with zero attached hydrogens (tertiary/aromatic N) is 2. The number of carbonyl (C=O) groups excluding carboxylic acids is 1. The minimum atomic E-state index is -2.66. The zero-order valence-electron chi connectivity index (χ0n) is 20.4. The summed E-state index contributed by atoms with van der Waals surface area (Å²) in [7, 11) is 1.50. The van der Waals surface area contributed by atoms with Gasteiger partial charge in [0.05, 0.1) is 28.4 Å². The van der Waals surface area contributed by atoms with E-state index in [0.29, 0.717) is 17.3 Å². The highest BCUT2D eigenvalue weighted by atomic mass is 35.5. The van der Waals surface area contributed by atoms with Crippen molar-refractivity contribution in [1.82, 2.24) is 10.2 Å². The Morgan fingerprint density at radius 1 is 1.24 bits per heavy atom. The number of hydrogen-bond donors (Lipinski definition) is 2. The van der Waals surface area contributed by atoms with Crippen LogP contribution in [-0.2, 0) is 6.42 Å². The van der Waals surface area contributed by atoms with E-state index >= 15 is 0 Å². The van der Waals surface area contributed by atoms with E-state index in [0.717, 1.165) is 43.7 Å². The van der Waals surface area contributed by atoms with Crippen LogP contribution in [0.3, 0.4) is 0 Å². The Hall–Kier alpha value is -2.33. The molecule has 3 aliphatic heterocycles. The molecule has 3 aliphatic rings. The second-order valence-electron chi connectivity index (χ2n) is 9.87. The molecule has 1 amide bonds. The number of anilines is 1. The normalized spacial score (nSPS) is 22.8. The highest BCUT2D eigenvalue weighted by Crippen LogP contribution is 2.43. The molecule has 2 fully saturated rings. The van der Waals surface area contributed by atoms with E-state index in [1.165, 1.54) is 19.2 Å². The minimum Gasteiger partial charge on any atom is -0.487 e. The fourth-order valence-electron chi connectivity index (χ4n) is 5.65. The number of ether oxygens (including phenoxy) is 2. The fraction of sp³-hybridized carbons (Fsp3) is 0.500. The predicted molar refractivity (Wildman–Crippen MR) is 138 cm³/mol. The first kappa shape index (κ1) is 26.3. The molecule has 2 aromatic rings. The van der Waals surface area contributed by atoms with Crippen LogP contribution in [0.2, 0.25) is 10.0 Å². The number of benzene rings is 2. The Labute approximate surface area is 224 Å². The second kappa shape index (κ2) is 10.4. The van der Waals surface area contributed by atoms with Gasteiger partial charge in [0.1, 0.15) is 23.7 Å². The maximum Gasteiger partial charge on any atom is 0.272 e. The predicted octanol–water partition coefficient (Wildman–Crippen LogP) is 4.02. The van der Waals surface area contributed by atoms with E-state index in [4.69, 9.17) is 32.7 Å². The van der Waals surface area contributed by atoms with Crippen LogP contribution in [0.25, 0.3) is 0 Å². The van der Waals surface area contributed by atoms with E-state index in [9.17, 15) is 18.7 Å². The maximum absolute atomic E-state index is 12.7. The number of carbonyl (C=O) groups is 1. The van der Waals surface area contributed by atoms with Crippen LogP contribution < -0.4 is 19.7 Å². The van der Waals surface area contributed by atoms with Crippen molar-refractivity contribution in [3.63, 3.8) is 0 Å². The molecular formula is C26H29Cl2F2N3O4. The molecule has 7 nitrogen and oxygen atoms in total. The number of amides is 1. The fourth-order valence-corrected chi connectivity index (χ4v) is 6.07. The highest BCUT2D eigenvalue weighted by molar-refractivity contribution is 6.32. The van der Waals surface area contributed by atoms with E-state index in [-0.39, 0.29) is 40.4 Å². The summed E-state index contributed by atoms with van der Waals surface area (Å²) in [5, 5.41) is 14.4. The molecule has 0 aromatic heterocycles. The van der Waals surface area contributed by atoms with Gasteiger partial charge < -0.3 is 24.8 Å². The summed E-state index contributed by atoms with van der Waals surface area (Å²) in [5.41, 5.74) is 1.64. The topological polar surface area (TPSA) is 74.3 Å². The molecule has 2 atom stereocenters. The average molecular weight is 556 g/mol. The number of hydrogen-bond acceptors (Lipinski definition) is 6. The van der Waals surface area contributed by atoms with Crippen molar-refractivity contribution in [3.05, 3.63) is 51.5 Å². The van der Waals surface area contributed by atoms with Gasteiger partial charge in [-0.3, -0.25) is 9.69 Å². The van der Waals surface area contributed by atoms with Crippen LogP contribution in [0.4, 0.5) is 14.5 Å². The summed E-state index contributed by atoms with van der Waals surface area (Å²) in [6.07, 6.45) is -0.866. The summed E-state index contributed by atoms with van der Waals surface area (Å²) in [6.45, 7) is 1.45. The molecule has 5 rings (SSSR count). The van der Waals surface area contributed by atoms with Crippen molar-refractivity contribution in [1.29, 1.82) is 0 Å². The van der Waals surface area contributed by atoms with Gasteiger partial charge in [-0.25, -0.2) is 8.78 Å². The molecule has 0 aliphatic carbocycles. The first-order valence-corrected chi connectivity index (χ1v) is 13.0. The van der Waals surface area contributed by atoms with Gasteiger partial charge in [-0.05, 0) is 29.8 Å². The van der Waals surface area contributed by atoms with E-state index in [1.807, 2.05) is 23.1 Å². The molecule has 2 saturated heterocycles. The van der Waals surface area contributed by atoms with Gasteiger partial charge in [0, 0.05) is 63.6 Å². The lowest BCUT2D eigenvalue weighted by Crippen LogP contribution is -2.53. The molecular weight excluding hydrogens is 527 g/mol. The number of piperidine rings is 1. The quantitative estimate of drug-likeness (QED) is 0.561. The number of β-amino-alcohol motifs (C(OH)–C–C–N with tert-alkyl or cyclic N) is 1. The van der Waals surface area contributed by atoms with E-state index in [2.05, 4.69) is 10.2 Å². The number of halogens is 4. The first-order valence-electron chi connectivity index (χ1n) is 12.3. The van der Waals surface area contributed by atoms with E-state index in [1.54, 1.807) is 0 Å². The van der Waals surface area contributed by atoms with Gasteiger partial charge in [0.25, 0.3) is 12.3 Å². The van der Waals surface area contributed by atoms with Crippen LogP contribution in [0.15, 0.2) is 30.3 Å². The van der Waals surface area contributed by atoms with Crippen LogP contribution in [0.5, 0.6) is 11.5 Å². The Balaban J connectivity index is 1.30. The molecule has 2 N–H and O–H groups in total. The third-order valence-corrected chi connectivity index (χ3v) is 8.06. The van der Waals surface area contributed by atoms with Crippen molar-refractivity contribution in [3.8, 4) is 11.5 Å². The third kappa shape index (κ3) is 5.32. The Bertz CT molecular complexity index is 1180. The third-order valence-electron chi connectivity index (χ3n) is 7.53. The van der Waals surface area contributed by atoms with Crippen molar-refractivity contribution < 1.29 is 28.2 Å². The molecule has 11 heteroatoms. The molecule has 2 unspecified atom stereocenters. The molecule has 0 radical (unpaired) electrons. The standard InChI is InChI=1S/C26H29Cl2F2N3O4/c1-31-25(35)17-9-18(28)23(36-14-24(29)30)10-19(17)33-12-20(21(34)13-33)32-6-4-26(5-7-32)11-15-8-16(27)2-3-22(15)37-26/h2-3,8-10,20-21,24,34H,4-7,11-14H2,1H3,(H,31,35). The Morgan fingerprint density at radius 2 is 2.00 bits per heavy atom. The molecule has 200 valence electrons. The molecule has 0 saturated carbocycles. The van der Waals surface area contributed by atoms with Crippen molar-refractivity contribution in [2.24, 2.45) is 0 Å². The van der Waals surface area contributed by atoms with E-state index < -0.39 is 19.1 Å². The largest absolute Gasteiger partial charge is 0.487 e. The van der Waals surface area contributed by atoms with Crippen LogP contribution >= 0.6 is 23.2 Å². The summed E-state index contributed by atoms with van der Waals surface area (Å²) in [4.78, 5) is 16.7. The smallest absolute Gasteiger partial charge is 0.272 e. The van der Waals surface area contributed by atoms with Crippen LogP contribution in [-0.4, -0.2) is 79.9 Å². The van der Waals surface area contributed by atoms with Gasteiger partial charge in [-0.2, -0.15) is 0 Å². The second-order valence-corrected chi connectivity index (χ2v) is 10.7. The summed E-state index contributed by atoms with van der Waals surface area (Å²) < 4.78 is 37.0. The number of likely N-dealkylation sites (tertiary alicyclic amines) is 1. The number of aliphatic hydroxyl groups excluding tert-OH is 1. The molecule has 1 spiro atoms. The number of rotatable bonds is 6. The van der Waals surface area contributed by atoms with Crippen molar-refractivity contribution >= 4 is 34.8 Å². The summed E-state index contributed by atoms with van der Waals surface area (Å²) in [5.74, 6) is 0.591. The van der Waals surface area contributed by atoms with Crippen LogP contribution in [0.1, 0.15) is 28.8 Å². The number of fused-ring (bicyclic) bond motifs is 1. The highest BCUT2D eigenvalue weighted by Gasteiger charge is 2.45. The number of alkyl halides is 2. The lowest BCUT2D eigenvalue weighted by molar-refractivity contribution is -0.0107. The lowest BCUT2D eigenvalue weighted by atomic mass is 9.86.